The Bertz CT molecular complexity index is 1080. The van der Waals surface area contributed by atoms with Gasteiger partial charge in [0.1, 0.15) is 11.3 Å². The van der Waals surface area contributed by atoms with Gasteiger partial charge in [0, 0.05) is 29.3 Å². The van der Waals surface area contributed by atoms with Crippen molar-refractivity contribution in [1.82, 2.24) is 0 Å². The van der Waals surface area contributed by atoms with Crippen LogP contribution in [0.3, 0.4) is 0 Å². The summed E-state index contributed by atoms with van der Waals surface area (Å²) in [6.07, 6.45) is 0.712. The van der Waals surface area contributed by atoms with Crippen molar-refractivity contribution in [2.45, 2.75) is 32.8 Å². The van der Waals surface area contributed by atoms with Crippen molar-refractivity contribution in [3.63, 3.8) is 0 Å². The predicted octanol–water partition coefficient (Wildman–Crippen LogP) is 4.43. The predicted molar refractivity (Wildman–Crippen MR) is 102 cm³/mol. The Balaban J connectivity index is 1.76. The molecule has 1 N–H and O–H groups in total. The van der Waals surface area contributed by atoms with Crippen LogP contribution in [0, 0.1) is 11.6 Å². The van der Waals surface area contributed by atoms with Gasteiger partial charge in [-0.2, -0.15) is 0 Å². The monoisotopic (exact) mass is 387 g/mol. The maximum absolute atomic E-state index is 13.3. The summed E-state index contributed by atoms with van der Waals surface area (Å²) in [7, 11) is 0. The van der Waals surface area contributed by atoms with Gasteiger partial charge in [-0.3, -0.25) is 4.79 Å². The number of halogens is 2. The average Bonchev–Trinajstić information content (AvgIpc) is 2.64. The summed E-state index contributed by atoms with van der Waals surface area (Å²) in [5.41, 5.74) is 0.941. The van der Waals surface area contributed by atoms with E-state index >= 15 is 0 Å². The number of carbonyl (C=O) groups is 1. The highest BCUT2D eigenvalue weighted by molar-refractivity contribution is 5.94. The average molecular weight is 387 g/mol. The van der Waals surface area contributed by atoms with Crippen LogP contribution in [0.4, 0.5) is 14.5 Å². The molecule has 3 aromatic rings. The van der Waals surface area contributed by atoms with Crippen molar-refractivity contribution >= 4 is 22.6 Å². The summed E-state index contributed by atoms with van der Waals surface area (Å²) >= 11 is 0. The Hall–Kier alpha value is -3.22. The fourth-order valence-electron chi connectivity index (χ4n) is 2.84. The lowest BCUT2D eigenvalue weighted by Crippen LogP contribution is -2.30. The van der Waals surface area contributed by atoms with Crippen molar-refractivity contribution in [1.29, 1.82) is 0 Å². The van der Waals surface area contributed by atoms with Gasteiger partial charge in [0.2, 0.25) is 0 Å². The van der Waals surface area contributed by atoms with Crippen LogP contribution < -0.4 is 15.7 Å². The van der Waals surface area contributed by atoms with E-state index in [1.54, 1.807) is 18.2 Å². The lowest BCUT2D eigenvalue weighted by atomic mass is 10.1. The quantitative estimate of drug-likeness (QED) is 0.636. The zero-order chi connectivity index (χ0) is 20.3. The zero-order valence-corrected chi connectivity index (χ0v) is 15.4. The van der Waals surface area contributed by atoms with Crippen molar-refractivity contribution in [3.05, 3.63) is 70.1 Å². The van der Waals surface area contributed by atoms with Gasteiger partial charge in [-0.25, -0.2) is 13.6 Å². The smallest absolute Gasteiger partial charge is 0.336 e. The van der Waals surface area contributed by atoms with Crippen LogP contribution in [0.2, 0.25) is 0 Å². The summed E-state index contributed by atoms with van der Waals surface area (Å²) in [6.45, 7) is 3.54. The van der Waals surface area contributed by atoms with Crippen molar-refractivity contribution in [3.8, 4) is 5.75 Å². The maximum atomic E-state index is 13.3. The van der Waals surface area contributed by atoms with Gasteiger partial charge >= 0.3 is 5.63 Å². The molecule has 0 saturated carbocycles. The number of hydrogen-bond donors (Lipinski definition) is 1. The topological polar surface area (TPSA) is 68.5 Å². The second kappa shape index (κ2) is 8.21. The summed E-state index contributed by atoms with van der Waals surface area (Å²) < 4.78 is 37.1. The molecule has 146 valence electrons. The fraction of sp³-hybridized carbons (Fsp3) is 0.238. The van der Waals surface area contributed by atoms with Crippen LogP contribution in [-0.2, 0) is 11.2 Å². The van der Waals surface area contributed by atoms with Crippen LogP contribution in [-0.4, -0.2) is 12.0 Å². The first-order valence-corrected chi connectivity index (χ1v) is 8.86. The number of rotatable bonds is 6. The van der Waals surface area contributed by atoms with Gasteiger partial charge in [0.25, 0.3) is 5.91 Å². The van der Waals surface area contributed by atoms with Gasteiger partial charge in [0.15, 0.2) is 17.7 Å². The van der Waals surface area contributed by atoms with Crippen LogP contribution in [0.15, 0.2) is 51.7 Å². The first-order chi connectivity index (χ1) is 13.4. The van der Waals surface area contributed by atoms with E-state index in [4.69, 9.17) is 9.15 Å². The van der Waals surface area contributed by atoms with Crippen molar-refractivity contribution in [2.75, 3.05) is 5.32 Å². The molecular weight excluding hydrogens is 368 g/mol. The standard InChI is InChI=1S/C21H19F2NO4/c1-3-4-13-9-20(25)28-19-11-15(6-7-16(13)19)27-12(2)21(26)24-14-5-8-17(22)18(23)10-14/h5-12H,3-4H2,1-2H3,(H,24,26)/t12-/m0/s1. The number of nitrogens with one attached hydrogen (secondary N) is 1. The third kappa shape index (κ3) is 4.36. The number of fused-ring (bicyclic) bond motifs is 1. The molecule has 0 aliphatic carbocycles. The van der Waals surface area contributed by atoms with Gasteiger partial charge in [-0.15, -0.1) is 0 Å². The number of carbonyl (C=O) groups excluding carboxylic acids is 1. The number of ether oxygens (including phenoxy) is 1. The molecule has 5 nitrogen and oxygen atoms in total. The lowest BCUT2D eigenvalue weighted by Gasteiger charge is -2.15. The molecule has 0 saturated heterocycles. The molecule has 0 radical (unpaired) electrons. The van der Waals surface area contributed by atoms with E-state index in [0.29, 0.717) is 11.3 Å². The normalized spacial score (nSPS) is 12.0. The number of aryl methyl sites for hydroxylation is 1. The van der Waals surface area contributed by atoms with E-state index in [-0.39, 0.29) is 5.69 Å². The number of benzene rings is 2. The maximum Gasteiger partial charge on any atom is 0.336 e. The molecule has 1 aromatic heterocycles. The lowest BCUT2D eigenvalue weighted by molar-refractivity contribution is -0.122. The first-order valence-electron chi connectivity index (χ1n) is 8.86. The first kappa shape index (κ1) is 19.5. The molecule has 0 bridgehead atoms. The molecule has 1 amide bonds. The van der Waals surface area contributed by atoms with Gasteiger partial charge in [-0.05, 0) is 43.2 Å². The fourth-order valence-corrected chi connectivity index (χ4v) is 2.84. The molecule has 1 atom stereocenters. The third-order valence-electron chi connectivity index (χ3n) is 4.19. The SMILES string of the molecule is CCCc1cc(=O)oc2cc(O[C@@H](C)C(=O)Nc3ccc(F)c(F)c3)ccc12. The number of anilines is 1. The van der Waals surface area contributed by atoms with Gasteiger partial charge < -0.3 is 14.5 Å². The Morgan fingerprint density at radius 2 is 1.93 bits per heavy atom. The molecular formula is C21H19F2NO4. The van der Waals surface area contributed by atoms with Crippen molar-refractivity contribution in [2.24, 2.45) is 0 Å². The summed E-state index contributed by atoms with van der Waals surface area (Å²) in [5.74, 6) is -2.24. The molecule has 2 aromatic carbocycles. The number of amides is 1. The highest BCUT2D eigenvalue weighted by Gasteiger charge is 2.16. The van der Waals surface area contributed by atoms with Crippen LogP contribution in [0.25, 0.3) is 11.0 Å². The van der Waals surface area contributed by atoms with E-state index in [1.165, 1.54) is 19.1 Å². The molecule has 0 unspecified atom stereocenters. The van der Waals surface area contributed by atoms with E-state index in [2.05, 4.69) is 5.32 Å². The number of hydrogen-bond acceptors (Lipinski definition) is 4. The second-order valence-corrected chi connectivity index (χ2v) is 6.38. The summed E-state index contributed by atoms with van der Waals surface area (Å²) in [6, 6.07) is 9.56. The minimum atomic E-state index is -1.06. The van der Waals surface area contributed by atoms with Crippen LogP contribution in [0.5, 0.6) is 5.75 Å². The molecule has 1 heterocycles. The molecule has 0 aliphatic rings. The summed E-state index contributed by atoms with van der Waals surface area (Å²) in [5, 5.41) is 3.27. The van der Waals surface area contributed by atoms with Crippen LogP contribution in [0.1, 0.15) is 25.8 Å². The largest absolute Gasteiger partial charge is 0.481 e. The van der Waals surface area contributed by atoms with E-state index in [9.17, 15) is 18.4 Å². The Labute approximate surface area is 159 Å². The highest BCUT2D eigenvalue weighted by atomic mass is 19.2. The second-order valence-electron chi connectivity index (χ2n) is 6.38. The van der Waals surface area contributed by atoms with E-state index in [1.807, 2.05) is 6.92 Å². The Morgan fingerprint density at radius 1 is 1.14 bits per heavy atom. The molecule has 28 heavy (non-hydrogen) atoms. The van der Waals surface area contributed by atoms with E-state index in [0.717, 1.165) is 35.9 Å². The van der Waals surface area contributed by atoms with Crippen molar-refractivity contribution < 1.29 is 22.7 Å². The Kier molecular flexibility index (Phi) is 5.73. The minimum absolute atomic E-state index is 0.119. The van der Waals surface area contributed by atoms with E-state index < -0.39 is 29.3 Å². The van der Waals surface area contributed by atoms with Gasteiger partial charge in [-0.1, -0.05) is 13.3 Å². The molecule has 0 aliphatic heterocycles. The molecule has 0 fully saturated rings. The molecule has 0 spiro atoms. The highest BCUT2D eigenvalue weighted by Crippen LogP contribution is 2.24. The minimum Gasteiger partial charge on any atom is -0.481 e. The van der Waals surface area contributed by atoms with Gasteiger partial charge in [0.05, 0.1) is 0 Å². The van der Waals surface area contributed by atoms with Crippen LogP contribution >= 0.6 is 0 Å². The summed E-state index contributed by atoms with van der Waals surface area (Å²) in [4.78, 5) is 24.0. The molecule has 3 rings (SSSR count). The molecule has 7 heteroatoms. The Morgan fingerprint density at radius 3 is 2.64 bits per heavy atom. The zero-order valence-electron chi connectivity index (χ0n) is 15.4. The third-order valence-corrected chi connectivity index (χ3v) is 4.19.